The summed E-state index contributed by atoms with van der Waals surface area (Å²) in [4.78, 5) is 28.0. The number of carbonyl (C=O) groups is 2. The molecule has 6 nitrogen and oxygen atoms in total. The molecule has 0 bridgehead atoms. The van der Waals surface area contributed by atoms with E-state index in [1.54, 1.807) is 18.2 Å². The molecule has 8 heteroatoms. The van der Waals surface area contributed by atoms with E-state index < -0.39 is 18.0 Å². The number of pyridine rings is 1. The molecule has 1 N–H and O–H groups in total. The lowest BCUT2D eigenvalue weighted by molar-refractivity contribution is -0.123. The number of anilines is 1. The van der Waals surface area contributed by atoms with E-state index in [0.29, 0.717) is 16.5 Å². The highest BCUT2D eigenvalue weighted by Gasteiger charge is 2.21. The van der Waals surface area contributed by atoms with Crippen LogP contribution in [0.5, 0.6) is 5.75 Å². The number of rotatable bonds is 5. The number of hydrogen-bond acceptors (Lipinski definition) is 5. The number of aromatic nitrogens is 1. The van der Waals surface area contributed by atoms with Crippen LogP contribution in [0, 0.1) is 0 Å². The number of nitrogens with zero attached hydrogens (tertiary/aromatic N) is 1. The van der Waals surface area contributed by atoms with Crippen molar-refractivity contribution in [1.29, 1.82) is 0 Å². The summed E-state index contributed by atoms with van der Waals surface area (Å²) in [5.74, 6) is -0.848. The molecule has 2 rings (SSSR count). The average Bonchev–Trinajstić information content (AvgIpc) is 2.55. The summed E-state index contributed by atoms with van der Waals surface area (Å²) in [6.07, 6.45) is 0.387. The Kier molecular flexibility index (Phi) is 6.00. The van der Waals surface area contributed by atoms with Crippen LogP contribution < -0.4 is 10.1 Å². The number of methoxy groups -OCH3 is 1. The van der Waals surface area contributed by atoms with Crippen molar-refractivity contribution in [2.75, 3.05) is 12.4 Å². The second kappa shape index (κ2) is 7.99. The molecule has 0 aliphatic carbocycles. The molecule has 0 fully saturated rings. The minimum atomic E-state index is -1.06. The van der Waals surface area contributed by atoms with Crippen molar-refractivity contribution in [3.8, 4) is 5.75 Å². The number of amides is 1. The Morgan fingerprint density at radius 2 is 2.00 bits per heavy atom. The summed E-state index contributed by atoms with van der Waals surface area (Å²) >= 11 is 11.7. The summed E-state index contributed by atoms with van der Waals surface area (Å²) < 4.78 is 10.2. The molecular formula is C16H14Cl2N2O4. The van der Waals surface area contributed by atoms with Crippen LogP contribution in [0.25, 0.3) is 0 Å². The first-order valence-electron chi connectivity index (χ1n) is 6.88. The van der Waals surface area contributed by atoms with E-state index in [0.717, 1.165) is 0 Å². The van der Waals surface area contributed by atoms with Gasteiger partial charge < -0.3 is 14.8 Å². The summed E-state index contributed by atoms with van der Waals surface area (Å²) in [5, 5.41) is 3.03. The minimum absolute atomic E-state index is 0.00613. The molecule has 0 saturated carbocycles. The van der Waals surface area contributed by atoms with Crippen molar-refractivity contribution >= 4 is 40.8 Å². The van der Waals surface area contributed by atoms with Gasteiger partial charge in [0.1, 0.15) is 10.9 Å². The van der Waals surface area contributed by atoms with E-state index >= 15 is 0 Å². The van der Waals surface area contributed by atoms with Gasteiger partial charge in [0.15, 0.2) is 6.10 Å². The van der Waals surface area contributed by atoms with Crippen LogP contribution >= 0.6 is 23.2 Å². The van der Waals surface area contributed by atoms with Crippen molar-refractivity contribution in [1.82, 2.24) is 4.98 Å². The molecule has 0 saturated heterocycles. The lowest BCUT2D eigenvalue weighted by Crippen LogP contribution is -2.30. The zero-order valence-electron chi connectivity index (χ0n) is 12.9. The fourth-order valence-corrected chi connectivity index (χ4v) is 2.20. The summed E-state index contributed by atoms with van der Waals surface area (Å²) in [6.45, 7) is 1.44. The fraction of sp³-hybridized carbons (Fsp3) is 0.188. The van der Waals surface area contributed by atoms with Crippen LogP contribution in [0.3, 0.4) is 0 Å². The van der Waals surface area contributed by atoms with Crippen LogP contribution in [0.4, 0.5) is 5.69 Å². The first kappa shape index (κ1) is 18.0. The molecular weight excluding hydrogens is 355 g/mol. The largest absolute Gasteiger partial charge is 0.495 e. The Balaban J connectivity index is 2.06. The molecule has 126 valence electrons. The van der Waals surface area contributed by atoms with Gasteiger partial charge in [-0.25, -0.2) is 9.78 Å². The molecule has 24 heavy (non-hydrogen) atoms. The molecule has 2 aromatic rings. The predicted octanol–water partition coefficient (Wildman–Crippen LogP) is 3.58. The molecule has 1 atom stereocenters. The van der Waals surface area contributed by atoms with Gasteiger partial charge in [0, 0.05) is 11.2 Å². The molecule has 0 radical (unpaired) electrons. The van der Waals surface area contributed by atoms with Crippen LogP contribution in [-0.2, 0) is 9.53 Å². The smallest absolute Gasteiger partial charge is 0.342 e. The van der Waals surface area contributed by atoms with Crippen molar-refractivity contribution in [3.05, 3.63) is 52.3 Å². The highest BCUT2D eigenvalue weighted by Crippen LogP contribution is 2.28. The molecule has 1 amide bonds. The average molecular weight is 369 g/mol. The summed E-state index contributed by atoms with van der Waals surface area (Å²) in [6, 6.07) is 7.78. The maximum atomic E-state index is 12.2. The molecule has 1 heterocycles. The van der Waals surface area contributed by atoms with Gasteiger partial charge >= 0.3 is 5.97 Å². The second-order valence-electron chi connectivity index (χ2n) is 4.72. The van der Waals surface area contributed by atoms with Crippen molar-refractivity contribution in [2.45, 2.75) is 13.0 Å². The Morgan fingerprint density at radius 3 is 2.67 bits per heavy atom. The Morgan fingerprint density at radius 1 is 1.25 bits per heavy atom. The third kappa shape index (κ3) is 4.37. The van der Waals surface area contributed by atoms with E-state index in [1.807, 2.05) is 0 Å². The van der Waals surface area contributed by atoms with E-state index in [9.17, 15) is 9.59 Å². The monoisotopic (exact) mass is 368 g/mol. The number of hydrogen-bond donors (Lipinski definition) is 1. The van der Waals surface area contributed by atoms with Crippen molar-refractivity contribution in [3.63, 3.8) is 0 Å². The molecule has 0 aliphatic heterocycles. The van der Waals surface area contributed by atoms with Gasteiger partial charge in [0.2, 0.25) is 0 Å². The van der Waals surface area contributed by atoms with Crippen LogP contribution in [-0.4, -0.2) is 30.1 Å². The van der Waals surface area contributed by atoms with E-state index in [1.165, 1.54) is 32.4 Å². The van der Waals surface area contributed by atoms with E-state index in [-0.39, 0.29) is 10.7 Å². The lowest BCUT2D eigenvalue weighted by Gasteiger charge is -2.15. The van der Waals surface area contributed by atoms with Crippen LogP contribution in [0.2, 0.25) is 10.2 Å². The SMILES string of the molecule is COc1ccc(Cl)cc1NC(=O)[C@@H](C)OC(=O)c1cccnc1Cl. The fourth-order valence-electron chi connectivity index (χ4n) is 1.83. The topological polar surface area (TPSA) is 77.5 Å². The van der Waals surface area contributed by atoms with Crippen molar-refractivity contribution in [2.24, 2.45) is 0 Å². The standard InChI is InChI=1S/C16H14Cl2N2O4/c1-9(24-16(22)11-4-3-7-19-14(11)18)15(21)20-12-8-10(17)5-6-13(12)23-2/h3-9H,1-2H3,(H,20,21)/t9-/m1/s1. The lowest BCUT2D eigenvalue weighted by atomic mass is 10.2. The van der Waals surface area contributed by atoms with Gasteiger partial charge in [-0.05, 0) is 37.3 Å². The molecule has 0 spiro atoms. The zero-order valence-corrected chi connectivity index (χ0v) is 14.4. The predicted molar refractivity (Wildman–Crippen MR) is 90.8 cm³/mol. The quantitative estimate of drug-likeness (QED) is 0.644. The number of ether oxygens (including phenoxy) is 2. The van der Waals surface area contributed by atoms with Crippen molar-refractivity contribution < 1.29 is 19.1 Å². The number of halogens is 2. The van der Waals surface area contributed by atoms with Crippen LogP contribution in [0.1, 0.15) is 17.3 Å². The first-order valence-corrected chi connectivity index (χ1v) is 7.64. The maximum absolute atomic E-state index is 12.2. The molecule has 1 aromatic heterocycles. The van der Waals surface area contributed by atoms with E-state index in [2.05, 4.69) is 10.3 Å². The Labute approximate surface area is 148 Å². The summed E-state index contributed by atoms with van der Waals surface area (Å²) in [5.41, 5.74) is 0.455. The van der Waals surface area contributed by atoms with E-state index in [4.69, 9.17) is 32.7 Å². The third-order valence-electron chi connectivity index (χ3n) is 3.05. The molecule has 0 aliphatic rings. The third-order valence-corrected chi connectivity index (χ3v) is 3.59. The van der Waals surface area contributed by atoms with Gasteiger partial charge in [-0.15, -0.1) is 0 Å². The minimum Gasteiger partial charge on any atom is -0.495 e. The number of carbonyl (C=O) groups excluding carboxylic acids is 2. The Bertz CT molecular complexity index is 767. The van der Waals surface area contributed by atoms with Gasteiger partial charge in [-0.3, -0.25) is 4.79 Å². The normalized spacial score (nSPS) is 11.5. The van der Waals surface area contributed by atoms with Gasteiger partial charge in [0.05, 0.1) is 18.4 Å². The van der Waals surface area contributed by atoms with Crippen LogP contribution in [0.15, 0.2) is 36.5 Å². The molecule has 1 aromatic carbocycles. The highest BCUT2D eigenvalue weighted by molar-refractivity contribution is 6.32. The Hall–Kier alpha value is -2.31. The number of nitrogens with one attached hydrogen (secondary N) is 1. The maximum Gasteiger partial charge on any atom is 0.342 e. The number of benzene rings is 1. The van der Waals surface area contributed by atoms with Gasteiger partial charge in [0.25, 0.3) is 5.91 Å². The zero-order chi connectivity index (χ0) is 17.7. The highest BCUT2D eigenvalue weighted by atomic mass is 35.5. The van der Waals surface area contributed by atoms with Gasteiger partial charge in [-0.2, -0.15) is 0 Å². The first-order chi connectivity index (χ1) is 11.4. The van der Waals surface area contributed by atoms with Gasteiger partial charge in [-0.1, -0.05) is 23.2 Å². The second-order valence-corrected chi connectivity index (χ2v) is 5.52. The number of esters is 1. The summed E-state index contributed by atoms with van der Waals surface area (Å²) in [7, 11) is 1.47. The molecule has 0 unspecified atom stereocenters.